The number of amides is 4. The van der Waals surface area contributed by atoms with Gasteiger partial charge in [-0.25, -0.2) is 18.2 Å². The van der Waals surface area contributed by atoms with E-state index < -0.39 is 73.3 Å². The first-order valence-electron chi connectivity index (χ1n) is 23.3. The van der Waals surface area contributed by atoms with Crippen molar-refractivity contribution in [1.82, 2.24) is 34.8 Å². The van der Waals surface area contributed by atoms with Crippen LogP contribution in [-0.2, 0) is 35.6 Å². The highest BCUT2D eigenvalue weighted by Crippen LogP contribution is 2.50. The summed E-state index contributed by atoms with van der Waals surface area (Å²) in [5.41, 5.74) is 0.434. The SMILES string of the molecule is CC[C@@H]1C[C@@]12NC(=O)[C@@H]1C[C@H](CN1C(=O)[C@@H](NC(=O)OC(C)(C)C)C(C)(C)C)Oc1nc3c(cccc3n1C(C)C)-c1nc(C(C)C)c(s1)CCCCCCC1(CC1)S(=O)(=O)NC2=O. The van der Waals surface area contributed by atoms with E-state index in [0.717, 1.165) is 59.4 Å². The topological polar surface area (TPSA) is 191 Å². The molecule has 7 rings (SSSR count). The Morgan fingerprint density at radius 1 is 1.02 bits per heavy atom. The standard InChI is InChI=1S/C47H69N7O8S2/c1-12-29-25-47(29)41(57)52-64(59,60)46(22-23-46)21-16-14-13-15-20-34-35(27(2)3)48-39(63-34)31-18-17-19-32-36(31)49-42(54(32)28(4)5)61-30-24-33(38(55)51-47)53(26-30)40(56)37(44(6,7)8)50-43(58)62-45(9,10)11/h17-19,27-30,33,37H,12-16,20-26H2,1-11H3,(H,50,58)(H,51,55)(H,52,57)/t29-,30-,33+,37-,47-/m1/s1. The van der Waals surface area contributed by atoms with Crippen LogP contribution in [0.3, 0.4) is 0 Å². The van der Waals surface area contributed by atoms with Crippen LogP contribution in [0.5, 0.6) is 6.01 Å². The summed E-state index contributed by atoms with van der Waals surface area (Å²) >= 11 is 1.68. The van der Waals surface area contributed by atoms with Crippen LogP contribution in [-0.4, -0.2) is 92.3 Å². The van der Waals surface area contributed by atoms with E-state index in [4.69, 9.17) is 19.4 Å². The highest BCUT2D eigenvalue weighted by Gasteiger charge is 2.64. The summed E-state index contributed by atoms with van der Waals surface area (Å²) in [6.07, 6.45) is 5.04. The first-order valence-corrected chi connectivity index (χ1v) is 25.6. The molecule has 64 heavy (non-hydrogen) atoms. The minimum Gasteiger partial charge on any atom is -0.459 e. The molecule has 2 aromatic heterocycles. The molecule has 6 bridgehead atoms. The third kappa shape index (κ3) is 9.52. The molecule has 2 aliphatic heterocycles. The second-order valence-corrected chi connectivity index (χ2v) is 24.4. The molecule has 0 unspecified atom stereocenters. The van der Waals surface area contributed by atoms with E-state index in [2.05, 4.69) is 29.2 Å². The molecule has 17 heteroatoms. The van der Waals surface area contributed by atoms with Gasteiger partial charge in [0.15, 0.2) is 0 Å². The number of hydrogen-bond donors (Lipinski definition) is 3. The van der Waals surface area contributed by atoms with Crippen molar-refractivity contribution in [2.45, 2.75) is 193 Å². The van der Waals surface area contributed by atoms with Crippen molar-refractivity contribution >= 4 is 56.2 Å². The number of imidazole rings is 1. The molecule has 1 aromatic carbocycles. The van der Waals surface area contributed by atoms with Gasteiger partial charge in [-0.3, -0.25) is 23.7 Å². The number of likely N-dealkylation sites (tertiary alicyclic amines) is 1. The van der Waals surface area contributed by atoms with Crippen LogP contribution in [0.4, 0.5) is 4.79 Å². The van der Waals surface area contributed by atoms with Crippen molar-refractivity contribution in [3.05, 3.63) is 28.8 Å². The summed E-state index contributed by atoms with van der Waals surface area (Å²) in [5, 5.41) is 6.62. The molecule has 0 radical (unpaired) electrons. The zero-order chi connectivity index (χ0) is 46.7. The monoisotopic (exact) mass is 923 g/mol. The molecule has 4 amide bonds. The van der Waals surface area contributed by atoms with Crippen molar-refractivity contribution in [3.63, 3.8) is 0 Å². The van der Waals surface area contributed by atoms with Crippen LogP contribution in [0.15, 0.2) is 18.2 Å². The second kappa shape index (κ2) is 17.5. The number of aromatic nitrogens is 3. The summed E-state index contributed by atoms with van der Waals surface area (Å²) < 4.78 is 43.8. The van der Waals surface area contributed by atoms with Gasteiger partial charge in [0.1, 0.15) is 39.9 Å². The Kier molecular flexibility index (Phi) is 13.1. The maximum Gasteiger partial charge on any atom is 0.408 e. The number of nitrogens with zero attached hydrogens (tertiary/aromatic N) is 4. The van der Waals surface area contributed by atoms with Crippen LogP contribution < -0.4 is 20.1 Å². The Balaban J connectivity index is 1.30. The van der Waals surface area contributed by atoms with Gasteiger partial charge in [-0.1, -0.05) is 73.3 Å². The van der Waals surface area contributed by atoms with Gasteiger partial charge in [-0.15, -0.1) is 11.3 Å². The largest absolute Gasteiger partial charge is 0.459 e. The maximum atomic E-state index is 14.9. The van der Waals surface area contributed by atoms with Crippen molar-refractivity contribution in [1.29, 1.82) is 0 Å². The lowest BCUT2D eigenvalue weighted by Crippen LogP contribution is -2.60. The number of para-hydroxylation sites is 1. The number of carbonyl (C=O) groups is 4. The molecule has 3 aromatic rings. The molecule has 2 aliphatic carbocycles. The molecule has 3 fully saturated rings. The van der Waals surface area contributed by atoms with Crippen molar-refractivity contribution < 1.29 is 37.1 Å². The zero-order valence-electron chi connectivity index (χ0n) is 39.6. The zero-order valence-corrected chi connectivity index (χ0v) is 41.2. The van der Waals surface area contributed by atoms with E-state index in [1.165, 1.54) is 9.78 Å². The molecule has 4 aliphatic rings. The van der Waals surface area contributed by atoms with E-state index >= 15 is 0 Å². The maximum absolute atomic E-state index is 14.9. The number of ether oxygens (including phenoxy) is 2. The number of thiazole rings is 1. The molecule has 4 heterocycles. The molecule has 2 saturated carbocycles. The van der Waals surface area contributed by atoms with E-state index in [-0.39, 0.29) is 37.3 Å². The Hall–Kier alpha value is -4.25. The normalized spacial score (nSPS) is 25.5. The van der Waals surface area contributed by atoms with Gasteiger partial charge in [0.2, 0.25) is 21.8 Å². The highest BCUT2D eigenvalue weighted by atomic mass is 32.2. The van der Waals surface area contributed by atoms with Crippen molar-refractivity contribution in [3.8, 4) is 16.6 Å². The molecule has 1 saturated heterocycles. The lowest BCUT2D eigenvalue weighted by Gasteiger charge is -2.36. The van der Waals surface area contributed by atoms with Crippen molar-refractivity contribution in [2.24, 2.45) is 11.3 Å². The second-order valence-electron chi connectivity index (χ2n) is 21.2. The van der Waals surface area contributed by atoms with Gasteiger partial charge < -0.3 is 25.0 Å². The molecule has 15 nitrogen and oxygen atoms in total. The van der Waals surface area contributed by atoms with Gasteiger partial charge >= 0.3 is 6.09 Å². The lowest BCUT2D eigenvalue weighted by atomic mass is 9.85. The minimum atomic E-state index is -4.07. The Morgan fingerprint density at radius 2 is 1.72 bits per heavy atom. The number of nitrogens with one attached hydrogen (secondary N) is 3. The lowest BCUT2D eigenvalue weighted by molar-refractivity contribution is -0.143. The quantitative estimate of drug-likeness (QED) is 0.227. The number of hydrogen-bond acceptors (Lipinski definition) is 11. The number of carbonyl (C=O) groups excluding carboxylic acids is 4. The average molecular weight is 924 g/mol. The van der Waals surface area contributed by atoms with Crippen LogP contribution in [0.25, 0.3) is 21.6 Å². The van der Waals surface area contributed by atoms with Gasteiger partial charge in [0, 0.05) is 22.9 Å². The predicted molar refractivity (Wildman–Crippen MR) is 248 cm³/mol. The summed E-state index contributed by atoms with van der Waals surface area (Å²) in [7, 11) is -4.07. The van der Waals surface area contributed by atoms with Crippen LogP contribution in [0, 0.1) is 11.3 Å². The molecule has 352 valence electrons. The highest BCUT2D eigenvalue weighted by molar-refractivity contribution is 7.91. The number of aryl methyl sites for hydroxylation is 1. The van der Waals surface area contributed by atoms with Crippen LogP contribution in [0.2, 0.25) is 0 Å². The predicted octanol–water partition coefficient (Wildman–Crippen LogP) is 7.92. The van der Waals surface area contributed by atoms with Crippen molar-refractivity contribution in [2.75, 3.05) is 6.54 Å². The molecular weight excluding hydrogens is 855 g/mol. The fourth-order valence-electron chi connectivity index (χ4n) is 9.54. The number of alkyl carbamates (subject to hydrolysis) is 1. The van der Waals surface area contributed by atoms with Gasteiger partial charge in [0.25, 0.3) is 11.9 Å². The van der Waals surface area contributed by atoms with Gasteiger partial charge in [-0.05, 0) is 103 Å². The molecular formula is C47H69N7O8S2. The summed E-state index contributed by atoms with van der Waals surface area (Å²) in [5.74, 6) is -1.98. The van der Waals surface area contributed by atoms with E-state index in [9.17, 15) is 27.6 Å². The summed E-state index contributed by atoms with van der Waals surface area (Å²) in [6, 6.07) is 4.04. The third-order valence-corrected chi connectivity index (χ3v) is 16.7. The molecule has 3 N–H and O–H groups in total. The summed E-state index contributed by atoms with van der Waals surface area (Å²) in [4.78, 5) is 70.1. The molecule has 5 atom stereocenters. The Morgan fingerprint density at radius 3 is 2.33 bits per heavy atom. The Labute approximate surface area is 382 Å². The fraction of sp³-hybridized carbons (Fsp3) is 0.702. The van der Waals surface area contributed by atoms with E-state index in [1.54, 1.807) is 32.1 Å². The third-order valence-electron chi connectivity index (χ3n) is 13.3. The number of benzene rings is 1. The first kappa shape index (κ1) is 47.7. The first-order chi connectivity index (χ1) is 29.9. The average Bonchev–Trinajstić information content (AvgIpc) is 3.96. The van der Waals surface area contributed by atoms with Crippen LogP contribution >= 0.6 is 11.3 Å². The fourth-order valence-corrected chi connectivity index (χ4v) is 12.5. The number of fused-ring (bicyclic) bond motifs is 6. The van der Waals surface area contributed by atoms with Gasteiger partial charge in [0.05, 0.1) is 22.5 Å². The minimum absolute atomic E-state index is 0.0332. The Bertz CT molecular complexity index is 2390. The van der Waals surface area contributed by atoms with E-state index in [0.29, 0.717) is 31.7 Å². The smallest absolute Gasteiger partial charge is 0.408 e. The van der Waals surface area contributed by atoms with E-state index in [1.807, 2.05) is 64.3 Å². The van der Waals surface area contributed by atoms with Gasteiger partial charge in [-0.2, -0.15) is 4.98 Å². The van der Waals surface area contributed by atoms with Crippen LogP contribution in [0.1, 0.15) is 163 Å². The number of rotatable bonds is 5. The number of sulfonamides is 1. The molecule has 2 spiro atoms. The summed E-state index contributed by atoms with van der Waals surface area (Å²) in [6.45, 7) is 20.9.